The number of amides is 14. The number of unbranched alkanes of at least 4 members (excludes halogenated alkanes) is 4. The monoisotopic (exact) mass is 1680 g/mol. The number of aliphatic hydroxyl groups excluding tert-OH is 2. The first-order valence-corrected chi connectivity index (χ1v) is 40.9. The highest BCUT2D eigenvalue weighted by molar-refractivity contribution is 6.00. The SMILES string of the molecule is CC(C)C[C@H](NC(=O)[C@H](CC(C)C)NC(=O)[C@H](CCCCN)NC(=O)CNC(=O)[C@H](CO)NC(=O)[C@@H](NC(=O)[C@@H](NC(=O)[C@H](CCCCN)NC(=O)[C@@H](NC(=O)[C@H](CCC(=O)O)NC(=O)[C@H](Cc1ccccc1)NC(=O)[C@H](CCCCN)NC(=O)[C@H](CCCCN)NC(=O)CN)C(C)C)[C@@H](C)O)C(C)C)C(=O)N[C@@H](Cc1ccccc1)C(=O)O. The van der Waals surface area contributed by atoms with E-state index in [-0.39, 0.29) is 89.3 Å². The first-order valence-electron chi connectivity index (χ1n) is 40.9. The third kappa shape index (κ3) is 40.8. The fraction of sp³-hybridized carbons (Fsp3) is 0.650. The average molecular weight is 1680 g/mol. The summed E-state index contributed by atoms with van der Waals surface area (Å²) in [5.74, 6) is -17.5. The van der Waals surface area contributed by atoms with Crippen molar-refractivity contribution in [2.75, 3.05) is 45.9 Å². The van der Waals surface area contributed by atoms with Crippen molar-refractivity contribution in [3.8, 4) is 0 Å². The van der Waals surface area contributed by atoms with E-state index in [1.807, 2.05) is 0 Å². The molecule has 0 fully saturated rings. The van der Waals surface area contributed by atoms with Gasteiger partial charge < -0.3 is 124 Å². The lowest BCUT2D eigenvalue weighted by Gasteiger charge is -2.30. The minimum Gasteiger partial charge on any atom is -0.481 e. The fourth-order valence-corrected chi connectivity index (χ4v) is 12.5. The third-order valence-corrected chi connectivity index (χ3v) is 19.1. The van der Waals surface area contributed by atoms with Gasteiger partial charge in [0, 0.05) is 19.3 Å². The fourth-order valence-electron chi connectivity index (χ4n) is 12.5. The van der Waals surface area contributed by atoms with Crippen molar-refractivity contribution in [2.45, 2.75) is 263 Å². The van der Waals surface area contributed by atoms with Gasteiger partial charge in [0.1, 0.15) is 78.5 Å². The molecular weight excluding hydrogens is 1550 g/mol. The summed E-state index contributed by atoms with van der Waals surface area (Å²) in [4.78, 5) is 220. The molecule has 0 aliphatic heterocycles. The number of carbonyl (C=O) groups is 16. The number of aliphatic carboxylic acids is 2. The maximum absolute atomic E-state index is 14.6. The summed E-state index contributed by atoms with van der Waals surface area (Å²) in [5, 5.41) is 76.9. The molecule has 14 amide bonds. The lowest BCUT2D eigenvalue weighted by molar-refractivity contribution is -0.142. The van der Waals surface area contributed by atoms with Crippen LogP contribution in [0, 0.1) is 23.7 Å². The topological polar surface area (TPSA) is 653 Å². The highest BCUT2D eigenvalue weighted by Gasteiger charge is 2.39. The molecule has 39 heteroatoms. The molecule has 14 atom stereocenters. The number of carboxylic acids is 2. The average Bonchev–Trinajstić information content (AvgIpc) is 0.849. The minimum atomic E-state index is -1.86. The van der Waals surface area contributed by atoms with Crippen molar-refractivity contribution in [3.63, 3.8) is 0 Å². The Morgan fingerprint density at radius 1 is 0.328 bits per heavy atom. The standard InChI is InChI=1S/C80H133N19O20/c1-45(2)38-57(74(112)93-58(39-46(3)4)75(113)95-60(80(118)119)41-51-26-14-11-15-27-51)92-70(108)53(29-17-21-35-82)88-63(103)43-86-68(106)61(44-100)96-78(116)66(48(7)8)98-79(117)67(49(9)101)99-72(110)55(31-19-23-37-84)91-77(115)65(47(5)6)97-73(111)56(32-33-64(104)105)90-76(114)59(40-50-24-12-10-13-25-50)94-71(109)54(30-18-22-36-83)89-69(107)52(28-16-20-34-81)87-62(102)42-85/h10-15,24-27,45-49,52-61,65-67,100-101H,16-23,28-44,81-85H2,1-9H3,(H,86,106)(H,87,102)(H,88,103)(H,89,107)(H,90,114)(H,91,115)(H,92,108)(H,93,112)(H,94,109)(H,95,113)(H,96,116)(H,97,111)(H,98,117)(H,99,110)(H,104,105)(H,118,119)/t49-,52+,53+,54+,55+,56+,57+,58+,59+,60+,61+,65+,66+,67+/m1/s1. The van der Waals surface area contributed by atoms with Gasteiger partial charge in [0.25, 0.3) is 0 Å². The molecule has 0 aromatic heterocycles. The predicted octanol–water partition coefficient (Wildman–Crippen LogP) is -3.91. The van der Waals surface area contributed by atoms with Crippen molar-refractivity contribution in [2.24, 2.45) is 52.3 Å². The molecule has 0 spiro atoms. The van der Waals surface area contributed by atoms with Gasteiger partial charge in [-0.15, -0.1) is 0 Å². The maximum atomic E-state index is 14.6. The van der Waals surface area contributed by atoms with Gasteiger partial charge in [-0.2, -0.15) is 0 Å². The van der Waals surface area contributed by atoms with Crippen LogP contribution in [0.1, 0.15) is 176 Å². The summed E-state index contributed by atoms with van der Waals surface area (Å²) in [6.45, 7) is 13.0. The van der Waals surface area contributed by atoms with Crippen molar-refractivity contribution >= 4 is 94.6 Å². The van der Waals surface area contributed by atoms with E-state index in [1.165, 1.54) is 27.7 Å². The molecular formula is C80H133N19O20. The summed E-state index contributed by atoms with van der Waals surface area (Å²) in [5.41, 5.74) is 29.7. The van der Waals surface area contributed by atoms with Crippen LogP contribution in [-0.4, -0.2) is 246 Å². The van der Waals surface area contributed by atoms with Crippen molar-refractivity contribution in [3.05, 3.63) is 71.8 Å². The Labute approximate surface area is 695 Å². The summed E-state index contributed by atoms with van der Waals surface area (Å²) in [6, 6.07) is -2.02. The lowest BCUT2D eigenvalue weighted by atomic mass is 9.99. The first-order chi connectivity index (χ1) is 56.3. The van der Waals surface area contributed by atoms with Crippen molar-refractivity contribution in [1.29, 1.82) is 0 Å². The molecule has 0 saturated heterocycles. The van der Waals surface area contributed by atoms with Crippen LogP contribution in [0.5, 0.6) is 0 Å². The first kappa shape index (κ1) is 105. The molecule has 2 rings (SSSR count). The zero-order chi connectivity index (χ0) is 89.4. The molecule has 668 valence electrons. The number of hydrogen-bond donors (Lipinski definition) is 23. The maximum Gasteiger partial charge on any atom is 0.326 e. The Hall–Kier alpha value is -10.3. The third-order valence-electron chi connectivity index (χ3n) is 19.1. The number of rotatable bonds is 60. The van der Waals surface area contributed by atoms with E-state index < -0.39 is 224 Å². The molecule has 0 saturated carbocycles. The number of nitrogens with one attached hydrogen (secondary N) is 14. The lowest BCUT2D eigenvalue weighted by Crippen LogP contribution is -2.63. The largest absolute Gasteiger partial charge is 0.481 e. The van der Waals surface area contributed by atoms with Crippen LogP contribution in [0.3, 0.4) is 0 Å². The van der Waals surface area contributed by atoms with Gasteiger partial charge in [0.15, 0.2) is 0 Å². The highest BCUT2D eigenvalue weighted by Crippen LogP contribution is 2.17. The van der Waals surface area contributed by atoms with Gasteiger partial charge >= 0.3 is 11.9 Å². The molecule has 2 aromatic rings. The van der Waals surface area contributed by atoms with Crippen LogP contribution in [0.2, 0.25) is 0 Å². The Balaban J connectivity index is 2.38. The quantitative estimate of drug-likeness (QED) is 0.0281. The van der Waals surface area contributed by atoms with E-state index >= 15 is 0 Å². The van der Waals surface area contributed by atoms with E-state index in [1.54, 1.807) is 88.4 Å². The van der Waals surface area contributed by atoms with E-state index in [9.17, 15) is 97.1 Å². The van der Waals surface area contributed by atoms with Gasteiger partial charge in [-0.1, -0.05) is 116 Å². The van der Waals surface area contributed by atoms with Crippen LogP contribution < -0.4 is 103 Å². The Bertz CT molecular complexity index is 3560. The van der Waals surface area contributed by atoms with E-state index in [4.69, 9.17) is 28.7 Å². The van der Waals surface area contributed by atoms with Crippen LogP contribution in [-0.2, 0) is 89.6 Å². The van der Waals surface area contributed by atoms with Crippen LogP contribution in [0.25, 0.3) is 0 Å². The summed E-state index contributed by atoms with van der Waals surface area (Å²) < 4.78 is 0. The summed E-state index contributed by atoms with van der Waals surface area (Å²) >= 11 is 0. The predicted molar refractivity (Wildman–Crippen MR) is 441 cm³/mol. The molecule has 0 unspecified atom stereocenters. The van der Waals surface area contributed by atoms with Crippen molar-refractivity contribution < 1.29 is 97.1 Å². The highest BCUT2D eigenvalue weighted by atomic mass is 16.4. The second kappa shape index (κ2) is 57.0. The van der Waals surface area contributed by atoms with Gasteiger partial charge in [-0.05, 0) is 164 Å². The molecule has 0 heterocycles. The van der Waals surface area contributed by atoms with Crippen LogP contribution >= 0.6 is 0 Å². The zero-order valence-corrected chi connectivity index (χ0v) is 70.1. The molecule has 0 aliphatic rings. The second-order valence-electron chi connectivity index (χ2n) is 31.1. The smallest absolute Gasteiger partial charge is 0.326 e. The number of carboxylic acid groups (broad SMARTS) is 2. The van der Waals surface area contributed by atoms with Gasteiger partial charge in [0.05, 0.1) is 25.8 Å². The molecule has 0 radical (unpaired) electrons. The molecule has 28 N–H and O–H groups in total. The number of benzene rings is 2. The number of nitrogens with two attached hydrogens (primary N) is 5. The molecule has 0 aliphatic carbocycles. The Morgan fingerprint density at radius 2 is 0.630 bits per heavy atom. The number of aliphatic hydroxyl groups is 2. The van der Waals surface area contributed by atoms with Gasteiger partial charge in [0.2, 0.25) is 82.7 Å². The number of hydrogen-bond acceptors (Lipinski definition) is 23. The van der Waals surface area contributed by atoms with Crippen molar-refractivity contribution in [1.82, 2.24) is 74.4 Å². The van der Waals surface area contributed by atoms with E-state index in [0.717, 1.165) is 6.92 Å². The molecule has 2 aromatic carbocycles. The van der Waals surface area contributed by atoms with E-state index in [2.05, 4.69) is 74.4 Å². The Morgan fingerprint density at radius 3 is 0.992 bits per heavy atom. The Kier molecular flexibility index (Phi) is 50.1. The number of carbonyl (C=O) groups excluding carboxylic acids is 14. The van der Waals surface area contributed by atoms with Gasteiger partial charge in [-0.3, -0.25) is 71.9 Å². The molecule has 39 nitrogen and oxygen atoms in total. The van der Waals surface area contributed by atoms with Crippen LogP contribution in [0.15, 0.2) is 60.7 Å². The normalized spacial score (nSPS) is 14.8. The van der Waals surface area contributed by atoms with Gasteiger partial charge in [-0.25, -0.2) is 4.79 Å². The summed E-state index contributed by atoms with van der Waals surface area (Å²) in [7, 11) is 0. The van der Waals surface area contributed by atoms with Crippen LogP contribution in [0.4, 0.5) is 0 Å². The minimum absolute atomic E-state index is 0.000991. The summed E-state index contributed by atoms with van der Waals surface area (Å²) in [6.07, 6.45) is -0.0162. The molecule has 119 heavy (non-hydrogen) atoms. The second-order valence-corrected chi connectivity index (χ2v) is 31.1. The zero-order valence-electron chi connectivity index (χ0n) is 70.1. The molecule has 0 bridgehead atoms. The van der Waals surface area contributed by atoms with E-state index in [0.29, 0.717) is 62.6 Å².